The third-order valence-electron chi connectivity index (χ3n) is 6.26. The number of hydrogen-bond acceptors (Lipinski definition) is 9. The van der Waals surface area contributed by atoms with Crippen molar-refractivity contribution >= 4 is 41.4 Å². The molecule has 5 atom stereocenters. The van der Waals surface area contributed by atoms with Crippen molar-refractivity contribution in [3.05, 3.63) is 0 Å². The molecule has 15 heteroatoms. The molecule has 1 heterocycles. The lowest BCUT2D eigenvalue weighted by atomic mass is 9.98. The van der Waals surface area contributed by atoms with E-state index in [9.17, 15) is 19.2 Å². The molecule has 2 aliphatic rings. The second-order valence-electron chi connectivity index (χ2n) is 9.03. The number of primary amides is 1. The summed E-state index contributed by atoms with van der Waals surface area (Å²) in [6.45, 7) is 1.15. The van der Waals surface area contributed by atoms with Gasteiger partial charge in [0.25, 0.3) is 0 Å². The highest BCUT2D eigenvalue weighted by Gasteiger charge is 2.37. The van der Waals surface area contributed by atoms with Crippen LogP contribution in [0, 0.1) is 17.8 Å². The first-order valence-electron chi connectivity index (χ1n) is 12.0. The summed E-state index contributed by atoms with van der Waals surface area (Å²) in [7, 11) is 0. The normalized spacial score (nSPS) is 24.0. The predicted molar refractivity (Wildman–Crippen MR) is 136 cm³/mol. The molecular weight excluding hydrogens is 490 g/mol. The van der Waals surface area contributed by atoms with Gasteiger partial charge in [-0.25, -0.2) is 0 Å². The second kappa shape index (κ2) is 15.5. The number of rotatable bonds is 15. The maximum Gasteiger partial charge on any atom is 0.240 e. The monoisotopic (exact) mass is 529 g/mol. The Bertz CT molecular complexity index is 790. The standard InChI is InChI=1S/C21H39N9O5S/c22-15(2-1-4-26-21(24)25)19(33)28-9-17(31)29-11-36-10-14-7-12(18(23)32)6-13(14)8-27-20(34)16-3-5-35-30-16/h12-16,30H,1-11,22H2,(H2,23,32)(H,27,34)(H,28,33)(H,29,31)(H4,24,25,26)/t12?,13?,14?,15-,16-/m0/s1. The Morgan fingerprint density at radius 3 is 2.50 bits per heavy atom. The summed E-state index contributed by atoms with van der Waals surface area (Å²) < 4.78 is 0. The molecule has 1 saturated carbocycles. The third kappa shape index (κ3) is 10.6. The van der Waals surface area contributed by atoms with E-state index in [-0.39, 0.29) is 54.0 Å². The Balaban J connectivity index is 1.64. The van der Waals surface area contributed by atoms with Crippen LogP contribution in [0.3, 0.4) is 0 Å². The minimum absolute atomic E-state index is 0.0159. The number of hydroxylamine groups is 1. The molecule has 12 N–H and O–H groups in total. The number of hydrogen-bond donors (Lipinski definition) is 8. The molecule has 1 aliphatic heterocycles. The number of aliphatic imine (C=N–C) groups is 1. The first-order chi connectivity index (χ1) is 17.2. The topological polar surface area (TPSA) is 242 Å². The molecule has 2 rings (SSSR count). The van der Waals surface area contributed by atoms with Crippen LogP contribution in [0.4, 0.5) is 0 Å². The largest absolute Gasteiger partial charge is 0.370 e. The zero-order chi connectivity index (χ0) is 26.5. The molecule has 1 saturated heterocycles. The minimum atomic E-state index is -0.753. The van der Waals surface area contributed by atoms with Gasteiger partial charge in [-0.05, 0) is 49.7 Å². The Morgan fingerprint density at radius 1 is 1.08 bits per heavy atom. The van der Waals surface area contributed by atoms with Gasteiger partial charge in [-0.1, -0.05) is 0 Å². The molecule has 0 aromatic rings. The van der Waals surface area contributed by atoms with Crippen LogP contribution in [0.5, 0.6) is 0 Å². The highest BCUT2D eigenvalue weighted by Crippen LogP contribution is 2.37. The summed E-state index contributed by atoms with van der Waals surface area (Å²) >= 11 is 1.51. The van der Waals surface area contributed by atoms with Crippen molar-refractivity contribution in [3.8, 4) is 0 Å². The fourth-order valence-corrected chi connectivity index (χ4v) is 5.28. The van der Waals surface area contributed by atoms with Crippen molar-refractivity contribution in [2.75, 3.05) is 37.9 Å². The smallest absolute Gasteiger partial charge is 0.240 e. The molecule has 204 valence electrons. The Kier molecular flexibility index (Phi) is 12.7. The molecule has 0 aromatic heterocycles. The third-order valence-corrected chi connectivity index (χ3v) is 7.28. The Morgan fingerprint density at radius 2 is 1.83 bits per heavy atom. The van der Waals surface area contributed by atoms with Crippen LogP contribution in [0.25, 0.3) is 0 Å². The number of nitrogens with zero attached hydrogens (tertiary/aromatic N) is 1. The summed E-state index contributed by atoms with van der Waals surface area (Å²) in [5.74, 6) is -0.111. The molecule has 14 nitrogen and oxygen atoms in total. The predicted octanol–water partition coefficient (Wildman–Crippen LogP) is -3.17. The number of amides is 4. The number of thioether (sulfide) groups is 1. The highest BCUT2D eigenvalue weighted by atomic mass is 32.2. The van der Waals surface area contributed by atoms with Gasteiger partial charge in [0.05, 0.1) is 25.1 Å². The van der Waals surface area contributed by atoms with E-state index in [1.54, 1.807) is 0 Å². The Hall–Kier alpha value is -2.62. The van der Waals surface area contributed by atoms with Crippen molar-refractivity contribution in [1.29, 1.82) is 0 Å². The zero-order valence-corrected chi connectivity index (χ0v) is 21.2. The molecule has 3 unspecified atom stereocenters. The molecule has 2 fully saturated rings. The lowest BCUT2D eigenvalue weighted by molar-refractivity contribution is -0.126. The van der Waals surface area contributed by atoms with Crippen LogP contribution in [0.2, 0.25) is 0 Å². The van der Waals surface area contributed by atoms with Gasteiger partial charge in [0.2, 0.25) is 23.6 Å². The van der Waals surface area contributed by atoms with Crippen LogP contribution in [-0.4, -0.2) is 79.5 Å². The molecule has 0 aromatic carbocycles. The van der Waals surface area contributed by atoms with Gasteiger partial charge in [0.15, 0.2) is 5.96 Å². The molecular formula is C21H39N9O5S. The van der Waals surface area contributed by atoms with Crippen molar-refractivity contribution in [2.45, 2.75) is 44.2 Å². The van der Waals surface area contributed by atoms with Crippen LogP contribution >= 0.6 is 11.8 Å². The molecule has 0 bridgehead atoms. The van der Waals surface area contributed by atoms with Crippen LogP contribution in [-0.2, 0) is 24.0 Å². The molecule has 0 spiro atoms. The zero-order valence-electron chi connectivity index (χ0n) is 20.4. The van der Waals surface area contributed by atoms with Gasteiger partial charge in [-0.3, -0.25) is 24.2 Å². The van der Waals surface area contributed by atoms with E-state index in [2.05, 4.69) is 26.4 Å². The van der Waals surface area contributed by atoms with E-state index in [1.807, 2.05) is 0 Å². The fourth-order valence-electron chi connectivity index (χ4n) is 4.19. The van der Waals surface area contributed by atoms with E-state index in [1.165, 1.54) is 11.8 Å². The van der Waals surface area contributed by atoms with E-state index < -0.39 is 11.9 Å². The minimum Gasteiger partial charge on any atom is -0.370 e. The van der Waals surface area contributed by atoms with E-state index >= 15 is 0 Å². The van der Waals surface area contributed by atoms with Crippen molar-refractivity contribution in [2.24, 2.45) is 45.7 Å². The second-order valence-corrected chi connectivity index (χ2v) is 10.1. The number of carbonyl (C=O) groups excluding carboxylic acids is 4. The number of carbonyl (C=O) groups is 4. The summed E-state index contributed by atoms with van der Waals surface area (Å²) in [5, 5.41) is 8.20. The molecule has 0 radical (unpaired) electrons. The first-order valence-corrected chi connectivity index (χ1v) is 13.2. The van der Waals surface area contributed by atoms with Gasteiger partial charge in [0, 0.05) is 19.0 Å². The number of guanidine groups is 1. The quantitative estimate of drug-likeness (QED) is 0.0457. The van der Waals surface area contributed by atoms with Crippen LogP contribution in [0.15, 0.2) is 4.99 Å². The van der Waals surface area contributed by atoms with Crippen LogP contribution < -0.4 is 44.4 Å². The summed E-state index contributed by atoms with van der Waals surface area (Å²) in [4.78, 5) is 56.9. The lowest BCUT2D eigenvalue weighted by Gasteiger charge is -2.20. The van der Waals surface area contributed by atoms with Gasteiger partial charge in [-0.15, -0.1) is 11.8 Å². The number of nitrogens with one attached hydrogen (secondary N) is 4. The fraction of sp³-hybridized carbons (Fsp3) is 0.762. The average Bonchev–Trinajstić information content (AvgIpc) is 3.51. The maximum atomic E-state index is 12.3. The van der Waals surface area contributed by atoms with Crippen LogP contribution in [0.1, 0.15) is 32.1 Å². The van der Waals surface area contributed by atoms with Gasteiger partial charge < -0.3 is 43.7 Å². The van der Waals surface area contributed by atoms with Gasteiger partial charge in [0.1, 0.15) is 6.04 Å². The van der Waals surface area contributed by atoms with E-state index in [0.29, 0.717) is 63.4 Å². The maximum absolute atomic E-state index is 12.3. The average molecular weight is 530 g/mol. The molecule has 1 aliphatic carbocycles. The van der Waals surface area contributed by atoms with Crippen molar-refractivity contribution in [1.82, 2.24) is 21.4 Å². The van der Waals surface area contributed by atoms with Crippen molar-refractivity contribution in [3.63, 3.8) is 0 Å². The molecule has 4 amide bonds. The summed E-state index contributed by atoms with van der Waals surface area (Å²) in [6, 6.07) is -1.11. The van der Waals surface area contributed by atoms with E-state index in [4.69, 9.17) is 27.8 Å². The summed E-state index contributed by atoms with van der Waals surface area (Å²) in [5.41, 5.74) is 24.5. The lowest BCUT2D eigenvalue weighted by Crippen LogP contribution is -2.45. The first kappa shape index (κ1) is 29.6. The Labute approximate surface area is 214 Å². The highest BCUT2D eigenvalue weighted by molar-refractivity contribution is 7.99. The number of nitrogens with two attached hydrogens (primary N) is 4. The van der Waals surface area contributed by atoms with Gasteiger partial charge in [-0.2, -0.15) is 5.48 Å². The van der Waals surface area contributed by atoms with Crippen molar-refractivity contribution < 1.29 is 24.0 Å². The van der Waals surface area contributed by atoms with E-state index in [0.717, 1.165) is 0 Å². The van der Waals surface area contributed by atoms with Gasteiger partial charge >= 0.3 is 0 Å². The SMILES string of the molecule is NC(=O)C1CC(CNC(=O)[C@@H]2CCON2)C(CSCNC(=O)CNC(=O)[C@@H](N)CCCN=C(N)N)C1. The molecule has 36 heavy (non-hydrogen) atoms. The summed E-state index contributed by atoms with van der Waals surface area (Å²) in [6.07, 6.45) is 2.83.